The first-order chi connectivity index (χ1) is 16.3. The summed E-state index contributed by atoms with van der Waals surface area (Å²) >= 11 is 0. The van der Waals surface area contributed by atoms with Gasteiger partial charge in [-0.25, -0.2) is 26.0 Å². The molecule has 10 nitrogen and oxygen atoms in total. The van der Waals surface area contributed by atoms with Crippen LogP contribution < -0.4 is 10.6 Å². The van der Waals surface area contributed by atoms with Crippen molar-refractivity contribution in [3.05, 3.63) is 65.0 Å². The molecule has 0 saturated carbocycles. The highest BCUT2D eigenvalue weighted by Crippen LogP contribution is 2.24. The highest BCUT2D eigenvalue weighted by atomic mass is 32.3. The molecule has 3 rings (SSSR count). The van der Waals surface area contributed by atoms with E-state index in [1.54, 1.807) is 35.2 Å². The third-order valence-electron chi connectivity index (χ3n) is 5.37. The van der Waals surface area contributed by atoms with Crippen molar-refractivity contribution in [2.45, 2.75) is 25.9 Å². The van der Waals surface area contributed by atoms with Crippen LogP contribution in [0.15, 0.2) is 42.5 Å². The smallest absolute Gasteiger partial charge is 0.322 e. The van der Waals surface area contributed by atoms with Crippen LogP contribution in [0, 0.1) is 5.82 Å². The Morgan fingerprint density at radius 3 is 2.20 bits per heavy atom. The van der Waals surface area contributed by atoms with Crippen LogP contribution in [0.4, 0.5) is 14.9 Å². The van der Waals surface area contributed by atoms with Crippen molar-refractivity contribution in [3.8, 4) is 0 Å². The van der Waals surface area contributed by atoms with Crippen molar-refractivity contribution >= 4 is 37.7 Å². The van der Waals surface area contributed by atoms with E-state index in [-0.39, 0.29) is 37.3 Å². The molecular weight excluding hydrogens is 499 g/mol. The van der Waals surface area contributed by atoms with Crippen molar-refractivity contribution in [3.63, 3.8) is 0 Å². The van der Waals surface area contributed by atoms with E-state index in [0.717, 1.165) is 23.6 Å². The number of benzene rings is 2. The van der Waals surface area contributed by atoms with E-state index in [0.29, 0.717) is 34.5 Å². The molecule has 1 heterocycles. The van der Waals surface area contributed by atoms with Gasteiger partial charge in [0.15, 0.2) is 0 Å². The van der Waals surface area contributed by atoms with Gasteiger partial charge >= 0.3 is 6.03 Å². The normalized spacial score (nSPS) is 13.5. The second kappa shape index (κ2) is 10.7. The number of hydrogen-bond acceptors (Lipinski definition) is 6. The number of unbranched alkanes of at least 4 members (excludes halogenated alkanes) is 1. The Bertz CT molecular complexity index is 1280. The van der Waals surface area contributed by atoms with Crippen LogP contribution in [0.3, 0.4) is 0 Å². The number of halogens is 1. The lowest BCUT2D eigenvalue weighted by Gasteiger charge is -2.17. The molecule has 0 fully saturated rings. The maximum Gasteiger partial charge on any atom is 0.322 e. The van der Waals surface area contributed by atoms with Gasteiger partial charge in [0.05, 0.1) is 12.5 Å². The van der Waals surface area contributed by atoms with Gasteiger partial charge in [-0.3, -0.25) is 4.79 Å². The summed E-state index contributed by atoms with van der Waals surface area (Å²) < 4.78 is 60.2. The minimum absolute atomic E-state index is 0.195. The van der Waals surface area contributed by atoms with Crippen molar-refractivity contribution < 1.29 is 30.8 Å². The number of fused-ring (bicyclic) bond motifs is 1. The highest BCUT2D eigenvalue weighted by molar-refractivity contribution is 8.03. The van der Waals surface area contributed by atoms with Crippen LogP contribution in [-0.2, 0) is 33.1 Å². The monoisotopic (exact) mass is 526 g/mol. The minimum atomic E-state index is -3.89. The van der Waals surface area contributed by atoms with Gasteiger partial charge in [0.25, 0.3) is 5.91 Å². The Kier molecular flexibility index (Phi) is 8.13. The molecule has 0 aromatic heterocycles. The van der Waals surface area contributed by atoms with E-state index >= 15 is 0 Å². The Balaban J connectivity index is 1.44. The van der Waals surface area contributed by atoms with Crippen LogP contribution in [0.5, 0.6) is 0 Å². The maximum absolute atomic E-state index is 13.4. The molecule has 2 aromatic carbocycles. The summed E-state index contributed by atoms with van der Waals surface area (Å²) in [6, 6.07) is 10.4. The van der Waals surface area contributed by atoms with Gasteiger partial charge in [0.1, 0.15) is 5.82 Å². The van der Waals surface area contributed by atoms with Crippen LogP contribution in [0.1, 0.15) is 34.3 Å². The predicted octanol–water partition coefficient (Wildman–Crippen LogP) is 2.10. The Morgan fingerprint density at radius 1 is 0.943 bits per heavy atom. The number of nitrogens with zero attached hydrogens (tertiary/aromatic N) is 2. The van der Waals surface area contributed by atoms with E-state index in [1.165, 1.54) is 12.1 Å². The number of amides is 3. The van der Waals surface area contributed by atoms with Crippen LogP contribution in [0.2, 0.25) is 0 Å². The van der Waals surface area contributed by atoms with Gasteiger partial charge < -0.3 is 15.5 Å². The van der Waals surface area contributed by atoms with Crippen LogP contribution in [0.25, 0.3) is 0 Å². The van der Waals surface area contributed by atoms with Gasteiger partial charge in [-0.1, -0.05) is 9.78 Å². The lowest BCUT2D eigenvalue weighted by Crippen LogP contribution is -2.36. The third-order valence-corrected chi connectivity index (χ3v) is 8.84. The minimum Gasteiger partial charge on any atom is -0.352 e. The van der Waals surface area contributed by atoms with Gasteiger partial charge in [0.2, 0.25) is 20.0 Å². The number of urea groups is 1. The lowest BCUT2D eigenvalue weighted by atomic mass is 10.1. The highest BCUT2D eigenvalue weighted by Gasteiger charge is 2.26. The van der Waals surface area contributed by atoms with Gasteiger partial charge in [0, 0.05) is 37.4 Å². The summed E-state index contributed by atoms with van der Waals surface area (Å²) in [7, 11) is -7.79. The molecule has 0 unspecified atom stereocenters. The van der Waals surface area contributed by atoms with Crippen molar-refractivity contribution in [1.82, 2.24) is 13.9 Å². The number of anilines is 1. The summed E-state index contributed by atoms with van der Waals surface area (Å²) in [5.74, 6) is -0.701. The molecule has 0 radical (unpaired) electrons. The summed E-state index contributed by atoms with van der Waals surface area (Å²) in [6.07, 6.45) is 2.28. The molecule has 13 heteroatoms. The summed E-state index contributed by atoms with van der Waals surface area (Å²) in [6.45, 7) is 0.730. The topological polar surface area (TPSA) is 133 Å². The molecule has 35 heavy (non-hydrogen) atoms. The van der Waals surface area contributed by atoms with Crippen LogP contribution in [-0.4, -0.2) is 63.0 Å². The molecule has 0 aliphatic carbocycles. The zero-order valence-corrected chi connectivity index (χ0v) is 21.0. The van der Waals surface area contributed by atoms with Gasteiger partial charge in [-0.15, -0.1) is 0 Å². The van der Waals surface area contributed by atoms with Gasteiger partial charge in [-0.2, -0.15) is 0 Å². The molecule has 2 aromatic rings. The standard InChI is InChI=1S/C22H27FN4O6S2/c1-34(30,31)27(35(2,32)33)12-4-3-11-24-21(28)16-6-9-20(10-7-16)25-22(29)26-14-17-5-8-19(23)13-18(17)15-26/h5-10,13H,3-4,11-12,14-15H2,1-2H3,(H,24,28)(H,25,29). The van der Waals surface area contributed by atoms with Crippen LogP contribution >= 0.6 is 0 Å². The summed E-state index contributed by atoms with van der Waals surface area (Å²) in [5, 5.41) is 5.44. The average Bonchev–Trinajstić information content (AvgIpc) is 3.18. The first-order valence-corrected chi connectivity index (χ1v) is 14.4. The quantitative estimate of drug-likeness (QED) is 0.481. The Labute approximate surface area is 204 Å². The second-order valence-corrected chi connectivity index (χ2v) is 12.3. The number of nitrogens with one attached hydrogen (secondary N) is 2. The molecule has 3 amide bonds. The third kappa shape index (κ3) is 7.23. The van der Waals surface area contributed by atoms with Gasteiger partial charge in [-0.05, 0) is 60.4 Å². The van der Waals surface area contributed by atoms with Crippen molar-refractivity contribution in [1.29, 1.82) is 0 Å². The first kappa shape index (κ1) is 26.6. The number of sulfonamides is 2. The molecule has 0 saturated heterocycles. The Hall–Kier alpha value is -3.03. The van der Waals surface area contributed by atoms with E-state index in [2.05, 4.69) is 10.6 Å². The summed E-state index contributed by atoms with van der Waals surface area (Å²) in [4.78, 5) is 26.4. The zero-order chi connectivity index (χ0) is 25.8. The first-order valence-electron chi connectivity index (χ1n) is 10.7. The molecular formula is C22H27FN4O6S2. The largest absolute Gasteiger partial charge is 0.352 e. The number of carbonyl (C=O) groups is 2. The van der Waals surface area contributed by atoms with Crippen molar-refractivity contribution in [2.75, 3.05) is 30.9 Å². The van der Waals surface area contributed by atoms with E-state index in [4.69, 9.17) is 0 Å². The molecule has 2 N–H and O–H groups in total. The number of rotatable bonds is 9. The number of carbonyl (C=O) groups excluding carboxylic acids is 2. The molecule has 0 bridgehead atoms. The molecule has 1 aliphatic heterocycles. The zero-order valence-electron chi connectivity index (χ0n) is 19.3. The summed E-state index contributed by atoms with van der Waals surface area (Å²) in [5.41, 5.74) is 2.53. The molecule has 190 valence electrons. The lowest BCUT2D eigenvalue weighted by molar-refractivity contribution is 0.0953. The van der Waals surface area contributed by atoms with Crippen molar-refractivity contribution in [2.24, 2.45) is 0 Å². The average molecular weight is 527 g/mol. The molecule has 0 spiro atoms. The van der Waals surface area contributed by atoms with E-state index < -0.39 is 20.0 Å². The SMILES string of the molecule is CS(=O)(=O)N(CCCCNC(=O)c1ccc(NC(=O)N2Cc3ccc(F)cc3C2)cc1)S(C)(=O)=O. The molecule has 0 atom stereocenters. The van der Waals surface area contributed by atoms with E-state index in [1.807, 2.05) is 0 Å². The fourth-order valence-electron chi connectivity index (χ4n) is 3.66. The predicted molar refractivity (Wildman–Crippen MR) is 129 cm³/mol. The number of hydrogen-bond donors (Lipinski definition) is 2. The molecule has 1 aliphatic rings. The second-order valence-electron chi connectivity index (χ2n) is 8.26. The maximum atomic E-state index is 13.4. The Morgan fingerprint density at radius 2 is 1.57 bits per heavy atom. The van der Waals surface area contributed by atoms with E-state index in [9.17, 15) is 30.8 Å². The fraction of sp³-hybridized carbons (Fsp3) is 0.364. The fourth-order valence-corrected chi connectivity index (χ4v) is 6.55.